The van der Waals surface area contributed by atoms with Crippen LogP contribution in [-0.4, -0.2) is 23.6 Å². The molecule has 0 atom stereocenters. The molecule has 0 aliphatic heterocycles. The fraction of sp³-hybridized carbons (Fsp3) is 0.0909. The van der Waals surface area contributed by atoms with E-state index in [2.05, 4.69) is 5.32 Å². The van der Waals surface area contributed by atoms with E-state index in [1.54, 1.807) is 24.3 Å². The average Bonchev–Trinajstić information content (AvgIpc) is 2.73. The first-order valence-electron chi connectivity index (χ1n) is 8.63. The monoisotopic (exact) mass is 377 g/mol. The Balaban J connectivity index is 1.45. The Labute approximate surface area is 162 Å². The maximum absolute atomic E-state index is 11.9. The van der Waals surface area contributed by atoms with E-state index in [4.69, 9.17) is 9.47 Å². The van der Waals surface area contributed by atoms with Crippen molar-refractivity contribution in [1.82, 2.24) is 0 Å². The number of aromatic hydroxyl groups is 1. The van der Waals surface area contributed by atoms with Crippen LogP contribution in [0, 0.1) is 0 Å². The van der Waals surface area contributed by atoms with Gasteiger partial charge in [0.25, 0.3) is 5.91 Å². The van der Waals surface area contributed by atoms with Crippen molar-refractivity contribution >= 4 is 17.6 Å². The molecule has 6 nitrogen and oxygen atoms in total. The van der Waals surface area contributed by atoms with E-state index >= 15 is 0 Å². The molecule has 1 amide bonds. The van der Waals surface area contributed by atoms with Crippen molar-refractivity contribution in [3.05, 3.63) is 90.0 Å². The molecule has 0 aliphatic carbocycles. The number of rotatable bonds is 7. The maximum atomic E-state index is 11.9. The highest BCUT2D eigenvalue weighted by molar-refractivity contribution is 5.95. The summed E-state index contributed by atoms with van der Waals surface area (Å²) in [4.78, 5) is 23.8. The zero-order valence-electron chi connectivity index (χ0n) is 15.0. The summed E-state index contributed by atoms with van der Waals surface area (Å²) in [6.45, 7) is 0.0473. The van der Waals surface area contributed by atoms with Gasteiger partial charge in [0, 0.05) is 5.69 Å². The quantitative estimate of drug-likeness (QED) is 0.612. The average molecular weight is 377 g/mol. The number of ether oxygens (including phenoxy) is 2. The fourth-order valence-corrected chi connectivity index (χ4v) is 2.38. The highest BCUT2D eigenvalue weighted by atomic mass is 16.5. The topological polar surface area (TPSA) is 84.9 Å². The number of esters is 1. The van der Waals surface area contributed by atoms with Gasteiger partial charge < -0.3 is 19.9 Å². The fourth-order valence-electron chi connectivity index (χ4n) is 2.38. The Hall–Kier alpha value is -3.80. The van der Waals surface area contributed by atoms with Crippen molar-refractivity contribution in [2.45, 2.75) is 6.61 Å². The molecule has 0 aromatic heterocycles. The molecule has 142 valence electrons. The van der Waals surface area contributed by atoms with E-state index < -0.39 is 18.5 Å². The summed E-state index contributed by atoms with van der Waals surface area (Å²) in [7, 11) is 0. The number of nitrogens with one attached hydrogen (secondary N) is 1. The molecule has 0 saturated heterocycles. The zero-order chi connectivity index (χ0) is 19.8. The summed E-state index contributed by atoms with van der Waals surface area (Å²) in [5, 5.41) is 11.9. The molecule has 0 saturated carbocycles. The molecule has 0 bridgehead atoms. The number of carbonyl (C=O) groups excluding carboxylic acids is 2. The lowest BCUT2D eigenvalue weighted by atomic mass is 10.2. The first-order valence-corrected chi connectivity index (χ1v) is 8.63. The number of phenols is 1. The van der Waals surface area contributed by atoms with Crippen molar-refractivity contribution in [3.8, 4) is 11.5 Å². The lowest BCUT2D eigenvalue weighted by Crippen LogP contribution is -2.20. The molecular formula is C22H19NO5. The van der Waals surface area contributed by atoms with Crippen LogP contribution in [-0.2, 0) is 16.1 Å². The maximum Gasteiger partial charge on any atom is 0.338 e. The lowest BCUT2D eigenvalue weighted by molar-refractivity contribution is -0.119. The normalized spacial score (nSPS) is 10.1. The summed E-state index contributed by atoms with van der Waals surface area (Å²) in [6, 6.07) is 22.3. The smallest absolute Gasteiger partial charge is 0.338 e. The molecule has 0 unspecified atom stereocenters. The van der Waals surface area contributed by atoms with Crippen molar-refractivity contribution in [1.29, 1.82) is 0 Å². The highest BCUT2D eigenvalue weighted by Gasteiger charge is 2.10. The summed E-state index contributed by atoms with van der Waals surface area (Å²) < 4.78 is 10.6. The molecule has 0 aliphatic rings. The number of phenolic OH excluding ortho intramolecular Hbond substituents is 1. The number of benzene rings is 3. The van der Waals surface area contributed by atoms with Gasteiger partial charge in [-0.2, -0.15) is 0 Å². The summed E-state index contributed by atoms with van der Waals surface area (Å²) in [5.74, 6) is -0.365. The van der Waals surface area contributed by atoms with Crippen LogP contribution < -0.4 is 10.1 Å². The van der Waals surface area contributed by atoms with E-state index in [9.17, 15) is 14.7 Å². The summed E-state index contributed by atoms with van der Waals surface area (Å²) in [6.07, 6.45) is 0. The Kier molecular flexibility index (Phi) is 6.25. The lowest BCUT2D eigenvalue weighted by Gasteiger charge is -2.09. The molecule has 0 fully saturated rings. The standard InChI is InChI=1S/C22H19NO5/c24-19-10-6-17(7-11-19)22(26)28-15-21(25)23-18-8-12-20(13-9-18)27-14-16-4-2-1-3-5-16/h1-13,24H,14-15H2,(H,23,25). The van der Waals surface area contributed by atoms with Crippen LogP contribution in [0.4, 0.5) is 5.69 Å². The predicted octanol–water partition coefficient (Wildman–Crippen LogP) is 3.77. The molecule has 0 heterocycles. The van der Waals surface area contributed by atoms with Gasteiger partial charge in [-0.15, -0.1) is 0 Å². The molecule has 6 heteroatoms. The van der Waals surface area contributed by atoms with Gasteiger partial charge in [-0.3, -0.25) is 4.79 Å². The van der Waals surface area contributed by atoms with Crippen LogP contribution in [0.2, 0.25) is 0 Å². The Bertz CT molecular complexity index is 921. The van der Waals surface area contributed by atoms with E-state index in [-0.39, 0.29) is 11.3 Å². The number of hydrogen-bond donors (Lipinski definition) is 2. The van der Waals surface area contributed by atoms with E-state index in [1.165, 1.54) is 24.3 Å². The SMILES string of the molecule is O=C(COC(=O)c1ccc(O)cc1)Nc1ccc(OCc2ccccc2)cc1. The van der Waals surface area contributed by atoms with Crippen LogP contribution in [0.15, 0.2) is 78.9 Å². The number of amides is 1. The summed E-state index contributed by atoms with van der Waals surface area (Å²) in [5.41, 5.74) is 1.89. The Morgan fingerprint density at radius 3 is 2.21 bits per heavy atom. The van der Waals surface area contributed by atoms with Crippen LogP contribution >= 0.6 is 0 Å². The molecule has 28 heavy (non-hydrogen) atoms. The van der Waals surface area contributed by atoms with E-state index in [0.717, 1.165) is 5.56 Å². The molecule has 2 N–H and O–H groups in total. The number of anilines is 1. The number of carbonyl (C=O) groups is 2. The molecule has 3 rings (SSSR count). The van der Waals surface area contributed by atoms with Crippen LogP contribution in [0.5, 0.6) is 11.5 Å². The minimum absolute atomic E-state index is 0.0467. The molecule has 0 spiro atoms. The third-order valence-electron chi connectivity index (χ3n) is 3.82. The Morgan fingerprint density at radius 1 is 0.857 bits per heavy atom. The van der Waals surface area contributed by atoms with E-state index in [0.29, 0.717) is 18.0 Å². The second-order valence-electron chi connectivity index (χ2n) is 5.97. The van der Waals surface area contributed by atoms with Crippen molar-refractivity contribution in [3.63, 3.8) is 0 Å². The second-order valence-corrected chi connectivity index (χ2v) is 5.97. The van der Waals surface area contributed by atoms with Crippen molar-refractivity contribution < 1.29 is 24.2 Å². The molecule has 0 radical (unpaired) electrons. The predicted molar refractivity (Wildman–Crippen MR) is 104 cm³/mol. The van der Waals surface area contributed by atoms with Crippen LogP contribution in [0.25, 0.3) is 0 Å². The third kappa shape index (κ3) is 5.60. The highest BCUT2D eigenvalue weighted by Crippen LogP contribution is 2.17. The molecule has 3 aromatic rings. The van der Waals surface area contributed by atoms with Crippen LogP contribution in [0.3, 0.4) is 0 Å². The third-order valence-corrected chi connectivity index (χ3v) is 3.82. The summed E-state index contributed by atoms with van der Waals surface area (Å²) >= 11 is 0. The van der Waals surface area contributed by atoms with Gasteiger partial charge in [0.1, 0.15) is 18.1 Å². The van der Waals surface area contributed by atoms with Crippen LogP contribution in [0.1, 0.15) is 15.9 Å². The first kappa shape index (κ1) is 19.0. The first-order chi connectivity index (χ1) is 13.6. The minimum atomic E-state index is -0.639. The Morgan fingerprint density at radius 2 is 1.54 bits per heavy atom. The molecule has 3 aromatic carbocycles. The van der Waals surface area contributed by atoms with Gasteiger partial charge in [-0.25, -0.2) is 4.79 Å². The van der Waals surface area contributed by atoms with E-state index in [1.807, 2.05) is 30.3 Å². The van der Waals surface area contributed by atoms with Crippen molar-refractivity contribution in [2.24, 2.45) is 0 Å². The minimum Gasteiger partial charge on any atom is -0.508 e. The van der Waals surface area contributed by atoms with Gasteiger partial charge in [0.2, 0.25) is 0 Å². The van der Waals surface area contributed by atoms with Gasteiger partial charge >= 0.3 is 5.97 Å². The second kappa shape index (κ2) is 9.23. The zero-order valence-corrected chi connectivity index (χ0v) is 15.0. The van der Waals surface area contributed by atoms with Gasteiger partial charge in [0.05, 0.1) is 5.56 Å². The van der Waals surface area contributed by atoms with Crippen molar-refractivity contribution in [2.75, 3.05) is 11.9 Å². The van der Waals surface area contributed by atoms with Gasteiger partial charge in [-0.1, -0.05) is 30.3 Å². The van der Waals surface area contributed by atoms with Gasteiger partial charge in [0.15, 0.2) is 6.61 Å². The molecular weight excluding hydrogens is 358 g/mol. The van der Waals surface area contributed by atoms with Gasteiger partial charge in [-0.05, 0) is 54.1 Å². The number of hydrogen-bond acceptors (Lipinski definition) is 5. The largest absolute Gasteiger partial charge is 0.508 e.